The Morgan fingerprint density at radius 2 is 1.57 bits per heavy atom. The van der Waals surface area contributed by atoms with Crippen molar-refractivity contribution in [3.63, 3.8) is 0 Å². The summed E-state index contributed by atoms with van der Waals surface area (Å²) in [6.45, 7) is 0.478. The van der Waals surface area contributed by atoms with E-state index in [0.29, 0.717) is 12.4 Å². The van der Waals surface area contributed by atoms with Crippen LogP contribution >= 0.6 is 0 Å². The highest BCUT2D eigenvalue weighted by molar-refractivity contribution is 5.63. The maximum absolute atomic E-state index is 5.75. The van der Waals surface area contributed by atoms with Crippen LogP contribution in [0.3, 0.4) is 0 Å². The Kier molecular flexibility index (Phi) is 3.94. The van der Waals surface area contributed by atoms with Gasteiger partial charge in [-0.25, -0.2) is 4.98 Å². The summed E-state index contributed by atoms with van der Waals surface area (Å²) in [5.41, 5.74) is 8.96. The van der Waals surface area contributed by atoms with E-state index in [1.807, 2.05) is 54.6 Å². The minimum Gasteiger partial charge on any atom is -0.439 e. The molecule has 2 N–H and O–H groups in total. The fraction of sp³-hybridized carbons (Fsp3) is 0.0556. The number of nitrogens with two attached hydrogens (primary N) is 1. The normalized spacial score (nSPS) is 10.3. The molecule has 1 aromatic heterocycles. The van der Waals surface area contributed by atoms with E-state index in [1.165, 1.54) is 5.56 Å². The highest BCUT2D eigenvalue weighted by atomic mass is 16.5. The first kappa shape index (κ1) is 13.3. The van der Waals surface area contributed by atoms with Crippen LogP contribution in [0.1, 0.15) is 5.56 Å². The van der Waals surface area contributed by atoms with Gasteiger partial charge < -0.3 is 10.5 Å². The fourth-order valence-electron chi connectivity index (χ4n) is 2.10. The van der Waals surface area contributed by atoms with Gasteiger partial charge in [0.2, 0.25) is 5.88 Å². The topological polar surface area (TPSA) is 48.1 Å². The lowest BCUT2D eigenvalue weighted by Crippen LogP contribution is -1.97. The SMILES string of the molecule is NCc1ccnc(Oc2ccc(-c3ccccc3)cc2)c1. The van der Waals surface area contributed by atoms with Gasteiger partial charge in [-0.1, -0.05) is 42.5 Å². The van der Waals surface area contributed by atoms with E-state index >= 15 is 0 Å². The van der Waals surface area contributed by atoms with Crippen molar-refractivity contribution in [2.45, 2.75) is 6.54 Å². The molecule has 0 aliphatic rings. The molecule has 0 aliphatic carbocycles. The summed E-state index contributed by atoms with van der Waals surface area (Å²) in [6.07, 6.45) is 1.70. The van der Waals surface area contributed by atoms with Gasteiger partial charge in [-0.2, -0.15) is 0 Å². The molecule has 3 rings (SSSR count). The van der Waals surface area contributed by atoms with E-state index in [4.69, 9.17) is 10.5 Å². The van der Waals surface area contributed by atoms with E-state index in [9.17, 15) is 0 Å². The van der Waals surface area contributed by atoms with E-state index in [-0.39, 0.29) is 0 Å². The quantitative estimate of drug-likeness (QED) is 0.783. The molecule has 0 saturated carbocycles. The van der Waals surface area contributed by atoms with Crippen molar-refractivity contribution in [1.82, 2.24) is 4.98 Å². The summed E-state index contributed by atoms with van der Waals surface area (Å²) < 4.78 is 5.75. The molecular formula is C18H16N2O. The second-order valence-electron chi connectivity index (χ2n) is 4.70. The smallest absolute Gasteiger partial charge is 0.219 e. The van der Waals surface area contributed by atoms with Crippen LogP contribution in [0.5, 0.6) is 11.6 Å². The second kappa shape index (κ2) is 6.20. The van der Waals surface area contributed by atoms with Crippen molar-refractivity contribution < 1.29 is 4.74 Å². The number of benzene rings is 2. The van der Waals surface area contributed by atoms with Crippen molar-refractivity contribution in [3.05, 3.63) is 78.5 Å². The number of rotatable bonds is 4. The highest BCUT2D eigenvalue weighted by Gasteiger charge is 2.01. The number of pyridine rings is 1. The van der Waals surface area contributed by atoms with Gasteiger partial charge in [-0.15, -0.1) is 0 Å². The predicted molar refractivity (Wildman–Crippen MR) is 84.1 cm³/mol. The lowest BCUT2D eigenvalue weighted by Gasteiger charge is -2.07. The number of hydrogen-bond acceptors (Lipinski definition) is 3. The zero-order chi connectivity index (χ0) is 14.5. The molecule has 3 aromatic rings. The van der Waals surface area contributed by atoms with Crippen molar-refractivity contribution in [2.24, 2.45) is 5.73 Å². The van der Waals surface area contributed by atoms with E-state index in [1.54, 1.807) is 6.20 Å². The number of aromatic nitrogens is 1. The van der Waals surface area contributed by atoms with Crippen molar-refractivity contribution >= 4 is 0 Å². The van der Waals surface area contributed by atoms with E-state index in [0.717, 1.165) is 16.9 Å². The van der Waals surface area contributed by atoms with Gasteiger partial charge in [0.15, 0.2) is 0 Å². The molecule has 0 spiro atoms. The first-order valence-electron chi connectivity index (χ1n) is 6.83. The molecule has 104 valence electrons. The Morgan fingerprint density at radius 1 is 0.857 bits per heavy atom. The molecule has 0 atom stereocenters. The largest absolute Gasteiger partial charge is 0.439 e. The Labute approximate surface area is 124 Å². The Bertz CT molecular complexity index is 709. The summed E-state index contributed by atoms with van der Waals surface area (Å²) >= 11 is 0. The molecule has 0 aliphatic heterocycles. The molecule has 0 unspecified atom stereocenters. The molecule has 0 amide bonds. The van der Waals surface area contributed by atoms with Crippen LogP contribution < -0.4 is 10.5 Å². The average molecular weight is 276 g/mol. The third kappa shape index (κ3) is 3.27. The Morgan fingerprint density at radius 3 is 2.29 bits per heavy atom. The maximum atomic E-state index is 5.75. The van der Waals surface area contributed by atoms with E-state index in [2.05, 4.69) is 17.1 Å². The number of nitrogens with zero attached hydrogens (tertiary/aromatic N) is 1. The zero-order valence-corrected chi connectivity index (χ0v) is 11.6. The summed E-state index contributed by atoms with van der Waals surface area (Å²) in [7, 11) is 0. The summed E-state index contributed by atoms with van der Waals surface area (Å²) in [6, 6.07) is 21.9. The molecule has 0 fully saturated rings. The van der Waals surface area contributed by atoms with Crippen LogP contribution in [0.25, 0.3) is 11.1 Å². The van der Waals surface area contributed by atoms with E-state index < -0.39 is 0 Å². The van der Waals surface area contributed by atoms with Crippen LogP contribution in [-0.2, 0) is 6.54 Å². The molecule has 21 heavy (non-hydrogen) atoms. The van der Waals surface area contributed by atoms with Gasteiger partial charge in [-0.05, 0) is 34.9 Å². The standard InChI is InChI=1S/C18H16N2O/c19-13-14-10-11-20-18(12-14)21-17-8-6-16(7-9-17)15-4-2-1-3-5-15/h1-12H,13,19H2. The minimum atomic E-state index is 0.478. The van der Waals surface area contributed by atoms with Crippen LogP contribution in [-0.4, -0.2) is 4.98 Å². The van der Waals surface area contributed by atoms with Gasteiger partial charge in [0.1, 0.15) is 5.75 Å². The number of ether oxygens (including phenoxy) is 1. The molecular weight excluding hydrogens is 260 g/mol. The Hall–Kier alpha value is -2.65. The summed E-state index contributed by atoms with van der Waals surface area (Å²) in [4.78, 5) is 4.19. The second-order valence-corrected chi connectivity index (χ2v) is 4.70. The molecule has 0 radical (unpaired) electrons. The van der Waals surface area contributed by atoms with Gasteiger partial charge in [0.25, 0.3) is 0 Å². The molecule has 2 aromatic carbocycles. The lowest BCUT2D eigenvalue weighted by molar-refractivity contribution is 0.462. The maximum Gasteiger partial charge on any atom is 0.219 e. The first-order chi connectivity index (χ1) is 10.3. The lowest BCUT2D eigenvalue weighted by atomic mass is 10.1. The number of hydrogen-bond donors (Lipinski definition) is 1. The molecule has 1 heterocycles. The molecule has 0 saturated heterocycles. The monoisotopic (exact) mass is 276 g/mol. The van der Waals surface area contributed by atoms with Crippen molar-refractivity contribution in [2.75, 3.05) is 0 Å². The summed E-state index contributed by atoms with van der Waals surface area (Å²) in [5.74, 6) is 1.32. The fourth-order valence-corrected chi connectivity index (χ4v) is 2.10. The van der Waals surface area contributed by atoms with Crippen LogP contribution in [0.4, 0.5) is 0 Å². The average Bonchev–Trinajstić information content (AvgIpc) is 2.56. The van der Waals surface area contributed by atoms with Crippen molar-refractivity contribution in [1.29, 1.82) is 0 Å². The van der Waals surface area contributed by atoms with Crippen LogP contribution in [0.15, 0.2) is 72.9 Å². The van der Waals surface area contributed by atoms with Crippen LogP contribution in [0, 0.1) is 0 Å². The zero-order valence-electron chi connectivity index (χ0n) is 11.6. The minimum absolute atomic E-state index is 0.478. The summed E-state index contributed by atoms with van der Waals surface area (Å²) in [5, 5.41) is 0. The molecule has 3 nitrogen and oxygen atoms in total. The van der Waals surface area contributed by atoms with Gasteiger partial charge in [0.05, 0.1) is 0 Å². The van der Waals surface area contributed by atoms with Gasteiger partial charge in [0, 0.05) is 18.8 Å². The predicted octanol–water partition coefficient (Wildman–Crippen LogP) is 4.00. The molecule has 0 bridgehead atoms. The third-order valence-corrected chi connectivity index (χ3v) is 3.22. The van der Waals surface area contributed by atoms with Gasteiger partial charge >= 0.3 is 0 Å². The van der Waals surface area contributed by atoms with Gasteiger partial charge in [-0.3, -0.25) is 0 Å². The third-order valence-electron chi connectivity index (χ3n) is 3.22. The Balaban J connectivity index is 1.78. The van der Waals surface area contributed by atoms with Crippen LogP contribution in [0.2, 0.25) is 0 Å². The van der Waals surface area contributed by atoms with Crippen molar-refractivity contribution in [3.8, 4) is 22.8 Å². The highest BCUT2D eigenvalue weighted by Crippen LogP contribution is 2.25. The molecule has 3 heteroatoms. The first-order valence-corrected chi connectivity index (χ1v) is 6.83.